The SMILES string of the molecule is CC(C)(C)OC(=O)c1ccc(N2CC(CO)C2)cc1. The molecule has 104 valence electrons. The number of nitrogens with zero attached hydrogens (tertiary/aromatic N) is 1. The Hall–Kier alpha value is -1.55. The lowest BCUT2D eigenvalue weighted by Crippen LogP contribution is -2.48. The Morgan fingerprint density at radius 1 is 1.32 bits per heavy atom. The van der Waals surface area contributed by atoms with Crippen molar-refractivity contribution in [1.82, 2.24) is 0 Å². The van der Waals surface area contributed by atoms with Gasteiger partial charge < -0.3 is 14.7 Å². The summed E-state index contributed by atoms with van der Waals surface area (Å²) in [4.78, 5) is 14.0. The predicted molar refractivity (Wildman–Crippen MR) is 74.4 cm³/mol. The Morgan fingerprint density at radius 2 is 1.89 bits per heavy atom. The van der Waals surface area contributed by atoms with Crippen LogP contribution in [0, 0.1) is 5.92 Å². The fourth-order valence-electron chi connectivity index (χ4n) is 2.04. The monoisotopic (exact) mass is 263 g/mol. The number of esters is 1. The number of aliphatic hydroxyl groups is 1. The van der Waals surface area contributed by atoms with Gasteiger partial charge in [-0.05, 0) is 45.0 Å². The van der Waals surface area contributed by atoms with Crippen molar-refractivity contribution >= 4 is 11.7 Å². The van der Waals surface area contributed by atoms with Gasteiger partial charge in [0.15, 0.2) is 0 Å². The maximum Gasteiger partial charge on any atom is 0.338 e. The second kappa shape index (κ2) is 5.21. The van der Waals surface area contributed by atoms with Crippen molar-refractivity contribution in [2.75, 3.05) is 24.6 Å². The van der Waals surface area contributed by atoms with Gasteiger partial charge >= 0.3 is 5.97 Å². The van der Waals surface area contributed by atoms with Crippen LogP contribution < -0.4 is 4.90 Å². The molecule has 4 heteroatoms. The van der Waals surface area contributed by atoms with Crippen LogP contribution in [0.1, 0.15) is 31.1 Å². The van der Waals surface area contributed by atoms with Crippen molar-refractivity contribution in [3.63, 3.8) is 0 Å². The number of anilines is 1. The van der Waals surface area contributed by atoms with Crippen LogP contribution in [-0.2, 0) is 4.74 Å². The zero-order valence-corrected chi connectivity index (χ0v) is 11.7. The lowest BCUT2D eigenvalue weighted by Gasteiger charge is -2.40. The maximum absolute atomic E-state index is 11.9. The zero-order chi connectivity index (χ0) is 14.0. The van der Waals surface area contributed by atoms with Crippen molar-refractivity contribution in [1.29, 1.82) is 0 Å². The lowest BCUT2D eigenvalue weighted by molar-refractivity contribution is 0.00696. The van der Waals surface area contributed by atoms with E-state index in [2.05, 4.69) is 4.90 Å². The Labute approximate surface area is 114 Å². The number of carbonyl (C=O) groups is 1. The number of hydrogen-bond donors (Lipinski definition) is 1. The molecule has 1 N–H and O–H groups in total. The summed E-state index contributed by atoms with van der Waals surface area (Å²) in [5.41, 5.74) is 1.18. The van der Waals surface area contributed by atoms with E-state index >= 15 is 0 Å². The number of rotatable bonds is 3. The molecular formula is C15H21NO3. The van der Waals surface area contributed by atoms with Gasteiger partial charge in [-0.25, -0.2) is 4.79 Å². The van der Waals surface area contributed by atoms with Gasteiger partial charge in [0, 0.05) is 31.3 Å². The van der Waals surface area contributed by atoms with E-state index in [4.69, 9.17) is 9.84 Å². The summed E-state index contributed by atoms with van der Waals surface area (Å²) in [5.74, 6) is 0.0847. The molecule has 1 aromatic rings. The predicted octanol–water partition coefficient (Wildman–Crippen LogP) is 2.07. The molecule has 0 bridgehead atoms. The average Bonchev–Trinajstić information content (AvgIpc) is 2.26. The molecule has 19 heavy (non-hydrogen) atoms. The molecule has 0 aromatic heterocycles. The number of carbonyl (C=O) groups excluding carboxylic acids is 1. The molecule has 1 heterocycles. The lowest BCUT2D eigenvalue weighted by atomic mass is 10.00. The van der Waals surface area contributed by atoms with Gasteiger partial charge in [-0.3, -0.25) is 0 Å². The Morgan fingerprint density at radius 3 is 2.37 bits per heavy atom. The van der Waals surface area contributed by atoms with Crippen LogP contribution in [0.15, 0.2) is 24.3 Å². The second-order valence-corrected chi connectivity index (χ2v) is 6.00. The van der Waals surface area contributed by atoms with Gasteiger partial charge in [0.25, 0.3) is 0 Å². The van der Waals surface area contributed by atoms with E-state index in [0.29, 0.717) is 11.5 Å². The molecule has 0 spiro atoms. The fraction of sp³-hybridized carbons (Fsp3) is 0.533. The van der Waals surface area contributed by atoms with E-state index in [1.54, 1.807) is 12.1 Å². The second-order valence-electron chi connectivity index (χ2n) is 6.00. The minimum Gasteiger partial charge on any atom is -0.456 e. The van der Waals surface area contributed by atoms with E-state index in [-0.39, 0.29) is 12.6 Å². The summed E-state index contributed by atoms with van der Waals surface area (Å²) in [6.45, 7) is 7.56. The van der Waals surface area contributed by atoms with Gasteiger partial charge in [-0.15, -0.1) is 0 Å². The fourth-order valence-corrected chi connectivity index (χ4v) is 2.04. The standard InChI is InChI=1S/C15H21NO3/c1-15(2,3)19-14(18)12-4-6-13(7-5-12)16-8-11(9-16)10-17/h4-7,11,17H,8-10H2,1-3H3. The van der Waals surface area contributed by atoms with Gasteiger partial charge in [-0.1, -0.05) is 0 Å². The van der Waals surface area contributed by atoms with Crippen LogP contribution in [0.2, 0.25) is 0 Å². The quantitative estimate of drug-likeness (QED) is 0.848. The summed E-state index contributed by atoms with van der Waals surface area (Å²) in [7, 11) is 0. The number of aliphatic hydroxyl groups excluding tert-OH is 1. The minimum atomic E-state index is -0.471. The Kier molecular flexibility index (Phi) is 3.80. The largest absolute Gasteiger partial charge is 0.456 e. The third-order valence-electron chi connectivity index (χ3n) is 3.08. The molecule has 0 aliphatic carbocycles. The Bertz CT molecular complexity index is 441. The highest BCUT2D eigenvalue weighted by atomic mass is 16.6. The molecule has 4 nitrogen and oxygen atoms in total. The van der Waals surface area contributed by atoms with Crippen molar-refractivity contribution < 1.29 is 14.6 Å². The summed E-state index contributed by atoms with van der Waals surface area (Å²) >= 11 is 0. The van der Waals surface area contributed by atoms with Gasteiger partial charge in [0.05, 0.1) is 5.56 Å². The van der Waals surface area contributed by atoms with Gasteiger partial charge in [-0.2, -0.15) is 0 Å². The molecule has 1 aliphatic heterocycles. The van der Waals surface area contributed by atoms with Gasteiger partial charge in [0.2, 0.25) is 0 Å². The highest BCUT2D eigenvalue weighted by molar-refractivity contribution is 5.90. The molecule has 1 aromatic carbocycles. The molecular weight excluding hydrogens is 242 g/mol. The number of ether oxygens (including phenoxy) is 1. The summed E-state index contributed by atoms with van der Waals surface area (Å²) in [6, 6.07) is 7.42. The summed E-state index contributed by atoms with van der Waals surface area (Å²) in [5, 5.41) is 8.99. The van der Waals surface area contributed by atoms with Crippen LogP contribution >= 0.6 is 0 Å². The highest BCUT2D eigenvalue weighted by Gasteiger charge is 2.26. The van der Waals surface area contributed by atoms with E-state index in [1.807, 2.05) is 32.9 Å². The molecule has 0 radical (unpaired) electrons. The smallest absolute Gasteiger partial charge is 0.338 e. The van der Waals surface area contributed by atoms with Crippen LogP contribution in [-0.4, -0.2) is 36.4 Å². The van der Waals surface area contributed by atoms with E-state index in [0.717, 1.165) is 18.8 Å². The van der Waals surface area contributed by atoms with Crippen molar-refractivity contribution in [3.05, 3.63) is 29.8 Å². The molecule has 1 aliphatic rings. The van der Waals surface area contributed by atoms with Crippen LogP contribution in [0.3, 0.4) is 0 Å². The Balaban J connectivity index is 1.97. The first-order chi connectivity index (χ1) is 8.89. The van der Waals surface area contributed by atoms with Crippen molar-refractivity contribution in [2.24, 2.45) is 5.92 Å². The zero-order valence-electron chi connectivity index (χ0n) is 11.7. The topological polar surface area (TPSA) is 49.8 Å². The molecule has 0 amide bonds. The van der Waals surface area contributed by atoms with E-state index < -0.39 is 5.60 Å². The van der Waals surface area contributed by atoms with E-state index in [1.165, 1.54) is 0 Å². The number of hydrogen-bond acceptors (Lipinski definition) is 4. The van der Waals surface area contributed by atoms with Crippen LogP contribution in [0.5, 0.6) is 0 Å². The minimum absolute atomic E-state index is 0.243. The first-order valence-electron chi connectivity index (χ1n) is 6.58. The molecule has 1 fully saturated rings. The first-order valence-corrected chi connectivity index (χ1v) is 6.58. The third kappa shape index (κ3) is 3.47. The molecule has 0 atom stereocenters. The molecule has 0 unspecified atom stereocenters. The highest BCUT2D eigenvalue weighted by Crippen LogP contribution is 2.25. The normalized spacial score (nSPS) is 16.1. The third-order valence-corrected chi connectivity index (χ3v) is 3.08. The summed E-state index contributed by atoms with van der Waals surface area (Å²) in [6.07, 6.45) is 0. The van der Waals surface area contributed by atoms with Gasteiger partial charge in [0.1, 0.15) is 5.60 Å². The summed E-state index contributed by atoms with van der Waals surface area (Å²) < 4.78 is 5.31. The van der Waals surface area contributed by atoms with Crippen LogP contribution in [0.4, 0.5) is 5.69 Å². The molecule has 0 saturated carbocycles. The first kappa shape index (κ1) is 13.9. The average molecular weight is 263 g/mol. The van der Waals surface area contributed by atoms with E-state index in [9.17, 15) is 4.79 Å². The maximum atomic E-state index is 11.9. The van der Waals surface area contributed by atoms with Crippen molar-refractivity contribution in [3.8, 4) is 0 Å². The number of benzene rings is 1. The molecule has 1 saturated heterocycles. The molecule has 2 rings (SSSR count). The van der Waals surface area contributed by atoms with Crippen LogP contribution in [0.25, 0.3) is 0 Å². The van der Waals surface area contributed by atoms with Crippen molar-refractivity contribution in [2.45, 2.75) is 26.4 Å².